The van der Waals surface area contributed by atoms with Crippen LogP contribution in [0.25, 0.3) is 0 Å². The summed E-state index contributed by atoms with van der Waals surface area (Å²) >= 11 is 0. The second-order valence-corrected chi connectivity index (χ2v) is 8.36. The molecule has 0 saturated carbocycles. The molecule has 0 saturated heterocycles. The zero-order valence-electron chi connectivity index (χ0n) is 16.0. The van der Waals surface area contributed by atoms with Crippen LogP contribution in [0.4, 0.5) is 4.79 Å². The van der Waals surface area contributed by atoms with Gasteiger partial charge in [0.25, 0.3) is 11.8 Å². The van der Waals surface area contributed by atoms with Crippen LogP contribution < -0.4 is 0 Å². The molecule has 146 valence electrons. The Hall–Kier alpha value is -3.16. The molecule has 2 aromatic rings. The minimum atomic E-state index is -0.969. The van der Waals surface area contributed by atoms with Crippen molar-refractivity contribution >= 4 is 17.9 Å². The number of nitrogens with zero attached hydrogens (tertiary/aromatic N) is 4. The number of imide groups is 1. The molecule has 2 aliphatic heterocycles. The van der Waals surface area contributed by atoms with Gasteiger partial charge in [-0.1, -0.05) is 32.9 Å². The number of hydrogen-bond donors (Lipinski definition) is 1. The molecule has 3 heterocycles. The van der Waals surface area contributed by atoms with E-state index in [2.05, 4.69) is 5.10 Å². The summed E-state index contributed by atoms with van der Waals surface area (Å²) in [6.07, 6.45) is -0.969. The van der Waals surface area contributed by atoms with Crippen molar-refractivity contribution in [2.75, 3.05) is 6.54 Å². The number of amides is 3. The molecular weight excluding hydrogens is 360 g/mol. The average Bonchev–Trinajstić information content (AvgIpc) is 3.14. The molecule has 1 aromatic carbocycles. The summed E-state index contributed by atoms with van der Waals surface area (Å²) in [6.45, 7) is 6.77. The van der Waals surface area contributed by atoms with Gasteiger partial charge in [-0.05, 0) is 23.6 Å². The maximum atomic E-state index is 12.6. The molecule has 28 heavy (non-hydrogen) atoms. The predicted molar refractivity (Wildman–Crippen MR) is 99.8 cm³/mol. The van der Waals surface area contributed by atoms with E-state index in [4.69, 9.17) is 0 Å². The molecule has 3 amide bonds. The molecule has 0 spiro atoms. The molecule has 1 aromatic heterocycles. The Kier molecular flexibility index (Phi) is 4.02. The normalized spacial score (nSPS) is 19.0. The minimum Gasteiger partial charge on any atom is -0.465 e. The zero-order valence-corrected chi connectivity index (χ0v) is 16.0. The van der Waals surface area contributed by atoms with Crippen molar-refractivity contribution in [3.05, 3.63) is 52.8 Å². The molecule has 2 aliphatic rings. The highest BCUT2D eigenvalue weighted by Gasteiger charge is 2.38. The number of aromatic nitrogens is 2. The first-order valence-electron chi connectivity index (χ1n) is 9.17. The lowest BCUT2D eigenvalue weighted by Crippen LogP contribution is -2.44. The summed E-state index contributed by atoms with van der Waals surface area (Å²) in [5.74, 6) is -0.655. The van der Waals surface area contributed by atoms with Crippen LogP contribution in [0.3, 0.4) is 0 Å². The summed E-state index contributed by atoms with van der Waals surface area (Å²) in [5.41, 5.74) is 1.94. The van der Waals surface area contributed by atoms with E-state index in [1.165, 1.54) is 9.80 Å². The van der Waals surface area contributed by atoms with E-state index in [1.54, 1.807) is 30.3 Å². The van der Waals surface area contributed by atoms with E-state index in [9.17, 15) is 19.5 Å². The van der Waals surface area contributed by atoms with Crippen LogP contribution >= 0.6 is 0 Å². The molecule has 0 fully saturated rings. The Morgan fingerprint density at radius 2 is 1.79 bits per heavy atom. The summed E-state index contributed by atoms with van der Waals surface area (Å²) in [4.78, 5) is 39.3. The third-order valence-electron chi connectivity index (χ3n) is 5.37. The van der Waals surface area contributed by atoms with Crippen molar-refractivity contribution in [2.24, 2.45) is 5.41 Å². The lowest BCUT2D eigenvalue weighted by Gasteiger charge is -2.39. The van der Waals surface area contributed by atoms with Crippen LogP contribution in [0.2, 0.25) is 0 Å². The van der Waals surface area contributed by atoms with Crippen molar-refractivity contribution < 1.29 is 19.5 Å². The number of benzene rings is 1. The van der Waals surface area contributed by atoms with Crippen molar-refractivity contribution in [3.8, 4) is 0 Å². The van der Waals surface area contributed by atoms with Crippen LogP contribution in [0.15, 0.2) is 30.3 Å². The molecule has 0 radical (unpaired) electrons. The quantitative estimate of drug-likeness (QED) is 0.806. The fourth-order valence-electron chi connectivity index (χ4n) is 3.83. The first-order chi connectivity index (χ1) is 13.2. The third-order valence-corrected chi connectivity index (χ3v) is 5.37. The minimum absolute atomic E-state index is 0.0658. The molecule has 8 heteroatoms. The Balaban J connectivity index is 1.65. The second kappa shape index (κ2) is 6.19. The van der Waals surface area contributed by atoms with Gasteiger partial charge in [-0.25, -0.2) is 4.79 Å². The smallest absolute Gasteiger partial charge is 0.407 e. The van der Waals surface area contributed by atoms with Gasteiger partial charge in [-0.15, -0.1) is 0 Å². The number of carboxylic acid groups (broad SMARTS) is 1. The lowest BCUT2D eigenvalue weighted by molar-refractivity contribution is 0.0637. The number of carbonyl (C=O) groups is 3. The Bertz CT molecular complexity index is 953. The van der Waals surface area contributed by atoms with Gasteiger partial charge in [-0.2, -0.15) is 5.10 Å². The van der Waals surface area contributed by atoms with Crippen LogP contribution in [0.5, 0.6) is 0 Å². The fourth-order valence-corrected chi connectivity index (χ4v) is 3.83. The Morgan fingerprint density at radius 1 is 1.18 bits per heavy atom. The van der Waals surface area contributed by atoms with Gasteiger partial charge in [0.1, 0.15) is 0 Å². The lowest BCUT2D eigenvalue weighted by atomic mass is 9.85. The van der Waals surface area contributed by atoms with Crippen molar-refractivity contribution in [1.82, 2.24) is 19.6 Å². The molecule has 4 rings (SSSR count). The first kappa shape index (κ1) is 18.2. The molecule has 0 bridgehead atoms. The highest BCUT2D eigenvalue weighted by molar-refractivity contribution is 6.21. The fraction of sp³-hybridized carbons (Fsp3) is 0.400. The second-order valence-electron chi connectivity index (χ2n) is 8.36. The van der Waals surface area contributed by atoms with E-state index in [0.29, 0.717) is 23.4 Å². The molecule has 8 nitrogen and oxygen atoms in total. The van der Waals surface area contributed by atoms with Gasteiger partial charge < -0.3 is 10.0 Å². The summed E-state index contributed by atoms with van der Waals surface area (Å²) in [5, 5.41) is 14.1. The van der Waals surface area contributed by atoms with E-state index in [-0.39, 0.29) is 36.4 Å². The first-order valence-corrected chi connectivity index (χ1v) is 9.17. The van der Waals surface area contributed by atoms with E-state index in [0.717, 1.165) is 5.69 Å². The highest BCUT2D eigenvalue weighted by Crippen LogP contribution is 2.36. The number of carbonyl (C=O) groups excluding carboxylic acids is 2. The van der Waals surface area contributed by atoms with Gasteiger partial charge in [0, 0.05) is 6.54 Å². The third kappa shape index (κ3) is 2.85. The summed E-state index contributed by atoms with van der Waals surface area (Å²) in [7, 11) is 0. The summed E-state index contributed by atoms with van der Waals surface area (Å²) < 4.78 is 1.85. The van der Waals surface area contributed by atoms with Crippen LogP contribution in [0, 0.1) is 5.41 Å². The summed E-state index contributed by atoms with van der Waals surface area (Å²) in [6, 6.07) is 8.41. The van der Waals surface area contributed by atoms with Crippen LogP contribution in [0.1, 0.15) is 58.9 Å². The molecule has 1 atom stereocenters. The van der Waals surface area contributed by atoms with E-state index < -0.39 is 6.09 Å². The van der Waals surface area contributed by atoms with Gasteiger partial charge in [0.2, 0.25) is 0 Å². The van der Waals surface area contributed by atoms with E-state index in [1.807, 2.05) is 25.5 Å². The van der Waals surface area contributed by atoms with Gasteiger partial charge >= 0.3 is 6.09 Å². The topological polar surface area (TPSA) is 95.7 Å². The van der Waals surface area contributed by atoms with Gasteiger partial charge in [-0.3, -0.25) is 19.2 Å². The maximum absolute atomic E-state index is 12.6. The molecule has 1 N–H and O–H groups in total. The monoisotopic (exact) mass is 382 g/mol. The number of fused-ring (bicyclic) bond motifs is 2. The van der Waals surface area contributed by atoms with Crippen molar-refractivity contribution in [2.45, 2.75) is 39.9 Å². The zero-order chi connectivity index (χ0) is 20.2. The van der Waals surface area contributed by atoms with Crippen LogP contribution in [-0.2, 0) is 13.1 Å². The van der Waals surface area contributed by atoms with Crippen molar-refractivity contribution in [3.63, 3.8) is 0 Å². The van der Waals surface area contributed by atoms with Crippen molar-refractivity contribution in [1.29, 1.82) is 0 Å². The SMILES string of the molecule is CC(C)(C)C1CN(C(=O)O)Cc2cc(CN3C(=O)c4ccccc4C3=O)nn21. The van der Waals surface area contributed by atoms with Crippen LogP contribution in [-0.4, -0.2) is 49.1 Å². The number of hydrogen-bond acceptors (Lipinski definition) is 4. The highest BCUT2D eigenvalue weighted by atomic mass is 16.4. The molecule has 1 unspecified atom stereocenters. The Morgan fingerprint density at radius 3 is 2.32 bits per heavy atom. The largest absolute Gasteiger partial charge is 0.465 e. The predicted octanol–water partition coefficient (Wildman–Crippen LogP) is 2.76. The maximum Gasteiger partial charge on any atom is 0.407 e. The van der Waals surface area contributed by atoms with E-state index >= 15 is 0 Å². The number of rotatable bonds is 2. The standard InChI is InChI=1S/C20H22N4O4/c1-20(2,3)16-11-22(19(27)28)10-13-8-12(21-24(13)16)9-23-17(25)14-6-4-5-7-15(14)18(23)26/h4-8,16H,9-11H2,1-3H3,(H,27,28). The molecule has 0 aliphatic carbocycles. The average molecular weight is 382 g/mol. The molecular formula is C20H22N4O4. The van der Waals surface area contributed by atoms with Gasteiger partial charge in [0.15, 0.2) is 0 Å². The Labute approximate surface area is 162 Å². The van der Waals surface area contributed by atoms with Gasteiger partial charge in [0.05, 0.1) is 41.6 Å².